The van der Waals surface area contributed by atoms with Crippen LogP contribution in [0.15, 0.2) is 54.6 Å². The zero-order valence-corrected chi connectivity index (χ0v) is 21.0. The first kappa shape index (κ1) is 25.0. The molecule has 0 aromatic heterocycles. The molecule has 2 aromatic rings. The van der Waals surface area contributed by atoms with E-state index in [0.29, 0.717) is 19.8 Å². The molecular formula is C27H37N5O3. The van der Waals surface area contributed by atoms with Crippen molar-refractivity contribution in [3.63, 3.8) is 0 Å². The van der Waals surface area contributed by atoms with Gasteiger partial charge >= 0.3 is 12.0 Å². The van der Waals surface area contributed by atoms with Crippen LogP contribution in [0.25, 0.3) is 0 Å². The van der Waals surface area contributed by atoms with E-state index < -0.39 is 0 Å². The number of nitrogens with one attached hydrogen (secondary N) is 1. The fourth-order valence-corrected chi connectivity index (χ4v) is 4.61. The van der Waals surface area contributed by atoms with Gasteiger partial charge in [0.05, 0.1) is 19.2 Å². The third kappa shape index (κ3) is 5.94. The summed E-state index contributed by atoms with van der Waals surface area (Å²) in [5.74, 6) is -0.413. The maximum Gasteiger partial charge on any atom is 0.340 e. The maximum atomic E-state index is 12.8. The van der Waals surface area contributed by atoms with Crippen LogP contribution in [-0.2, 0) is 9.53 Å². The molecule has 1 unspecified atom stereocenters. The smallest absolute Gasteiger partial charge is 0.340 e. The number of hydrogen-bond acceptors (Lipinski definition) is 6. The average Bonchev–Trinajstić information content (AvgIpc) is 3.28. The maximum absolute atomic E-state index is 12.8. The van der Waals surface area contributed by atoms with E-state index in [-0.39, 0.29) is 24.0 Å². The monoisotopic (exact) mass is 479 g/mol. The lowest BCUT2D eigenvalue weighted by atomic mass is 9.98. The largest absolute Gasteiger partial charge is 0.465 e. The van der Waals surface area contributed by atoms with Gasteiger partial charge in [-0.25, -0.2) is 10.2 Å². The predicted octanol–water partition coefficient (Wildman–Crippen LogP) is 3.66. The van der Waals surface area contributed by atoms with Gasteiger partial charge in [0.2, 0.25) is 0 Å². The Morgan fingerprint density at radius 2 is 1.63 bits per heavy atom. The van der Waals surface area contributed by atoms with Crippen LogP contribution in [0.1, 0.15) is 38.7 Å². The quantitative estimate of drug-likeness (QED) is 0.554. The van der Waals surface area contributed by atoms with E-state index in [1.54, 1.807) is 9.91 Å². The Kier molecular flexibility index (Phi) is 8.25. The van der Waals surface area contributed by atoms with E-state index in [1.807, 2.05) is 63.2 Å². The Hall–Kier alpha value is -3.10. The molecule has 2 amide bonds. The van der Waals surface area contributed by atoms with Crippen molar-refractivity contribution in [3.05, 3.63) is 60.2 Å². The number of benzene rings is 2. The predicted molar refractivity (Wildman–Crippen MR) is 138 cm³/mol. The molecule has 2 aromatic carbocycles. The highest BCUT2D eigenvalue weighted by atomic mass is 16.5. The summed E-state index contributed by atoms with van der Waals surface area (Å²) < 4.78 is 5.51. The van der Waals surface area contributed by atoms with Crippen molar-refractivity contribution in [2.75, 3.05) is 55.8 Å². The summed E-state index contributed by atoms with van der Waals surface area (Å²) >= 11 is 0. The summed E-state index contributed by atoms with van der Waals surface area (Å²) in [7, 11) is 0. The normalized spacial score (nSPS) is 17.8. The molecule has 8 heteroatoms. The molecular weight excluding hydrogens is 442 g/mol. The highest BCUT2D eigenvalue weighted by molar-refractivity contribution is 5.93. The number of nitrogens with zero attached hydrogens (tertiary/aromatic N) is 4. The minimum atomic E-state index is -0.273. The molecule has 2 aliphatic heterocycles. The average molecular weight is 480 g/mol. The molecule has 0 spiro atoms. The molecule has 188 valence electrons. The number of urea groups is 1. The molecule has 2 saturated heterocycles. The van der Waals surface area contributed by atoms with Crippen molar-refractivity contribution < 1.29 is 14.3 Å². The molecule has 1 atom stereocenters. The fraction of sp³-hybridized carbons (Fsp3) is 0.481. The van der Waals surface area contributed by atoms with E-state index in [2.05, 4.69) is 27.4 Å². The highest BCUT2D eigenvalue weighted by Crippen LogP contribution is 2.25. The van der Waals surface area contributed by atoms with Crippen molar-refractivity contribution in [2.24, 2.45) is 0 Å². The standard InChI is InChI=1S/C27H37N5O3/c1-4-18-35-26(33)25(22-8-6-5-7-9-22)19-29-14-16-30(17-15-29)23-10-12-24(13-11-23)31-20-28-32(21(2)3)27(31)34/h5-13,21,25,28H,4,14-20H2,1-3H3. The number of hydrazine groups is 1. The Morgan fingerprint density at radius 1 is 0.971 bits per heavy atom. The number of piperazine rings is 1. The summed E-state index contributed by atoms with van der Waals surface area (Å²) in [6.07, 6.45) is 0.823. The van der Waals surface area contributed by atoms with Crippen molar-refractivity contribution in [2.45, 2.75) is 39.2 Å². The van der Waals surface area contributed by atoms with Gasteiger partial charge in [0, 0.05) is 50.1 Å². The van der Waals surface area contributed by atoms with Gasteiger partial charge in [-0.2, -0.15) is 0 Å². The number of ether oxygens (including phenoxy) is 1. The number of amides is 2. The van der Waals surface area contributed by atoms with Crippen LogP contribution in [0.4, 0.5) is 16.2 Å². The van der Waals surface area contributed by atoms with E-state index >= 15 is 0 Å². The second-order valence-electron chi connectivity index (χ2n) is 9.43. The lowest BCUT2D eigenvalue weighted by molar-refractivity contribution is -0.146. The van der Waals surface area contributed by atoms with Crippen LogP contribution < -0.4 is 15.2 Å². The third-order valence-corrected chi connectivity index (χ3v) is 6.63. The van der Waals surface area contributed by atoms with Crippen LogP contribution in [0, 0.1) is 0 Å². The molecule has 1 N–H and O–H groups in total. The van der Waals surface area contributed by atoms with E-state index in [1.165, 1.54) is 0 Å². The second kappa shape index (κ2) is 11.6. The number of anilines is 2. The van der Waals surface area contributed by atoms with Crippen molar-refractivity contribution in [3.8, 4) is 0 Å². The molecule has 0 radical (unpaired) electrons. The molecule has 0 aliphatic carbocycles. The van der Waals surface area contributed by atoms with E-state index in [4.69, 9.17) is 4.74 Å². The number of rotatable bonds is 9. The highest BCUT2D eigenvalue weighted by Gasteiger charge is 2.31. The van der Waals surface area contributed by atoms with Crippen molar-refractivity contribution in [1.29, 1.82) is 0 Å². The van der Waals surface area contributed by atoms with Gasteiger partial charge in [0.1, 0.15) is 0 Å². The van der Waals surface area contributed by atoms with Crippen LogP contribution in [0.2, 0.25) is 0 Å². The Bertz CT molecular complexity index is 974. The minimum Gasteiger partial charge on any atom is -0.465 e. The number of esters is 1. The summed E-state index contributed by atoms with van der Waals surface area (Å²) in [6, 6.07) is 18.2. The number of hydrogen-bond donors (Lipinski definition) is 1. The summed E-state index contributed by atoms with van der Waals surface area (Å²) in [4.78, 5) is 31.9. The lowest BCUT2D eigenvalue weighted by Gasteiger charge is -2.37. The van der Waals surface area contributed by atoms with Gasteiger partial charge in [0.15, 0.2) is 0 Å². The molecule has 35 heavy (non-hydrogen) atoms. The summed E-state index contributed by atoms with van der Waals surface area (Å²) in [5, 5.41) is 1.66. The van der Waals surface area contributed by atoms with Gasteiger partial charge in [0.25, 0.3) is 0 Å². The molecule has 8 nitrogen and oxygen atoms in total. The van der Waals surface area contributed by atoms with E-state index in [9.17, 15) is 9.59 Å². The Morgan fingerprint density at radius 3 is 2.23 bits per heavy atom. The third-order valence-electron chi connectivity index (χ3n) is 6.63. The van der Waals surface area contributed by atoms with Gasteiger partial charge < -0.3 is 9.64 Å². The van der Waals surface area contributed by atoms with Gasteiger partial charge in [-0.1, -0.05) is 37.3 Å². The first-order valence-corrected chi connectivity index (χ1v) is 12.6. The van der Waals surface area contributed by atoms with Crippen LogP contribution >= 0.6 is 0 Å². The molecule has 0 bridgehead atoms. The first-order chi connectivity index (χ1) is 17.0. The van der Waals surface area contributed by atoms with Gasteiger partial charge in [-0.15, -0.1) is 0 Å². The summed E-state index contributed by atoms with van der Waals surface area (Å²) in [6.45, 7) is 11.1. The molecule has 4 rings (SSSR count). The number of carbonyl (C=O) groups is 2. The topological polar surface area (TPSA) is 68.4 Å². The second-order valence-corrected chi connectivity index (χ2v) is 9.43. The van der Waals surface area contributed by atoms with Crippen LogP contribution in [0.5, 0.6) is 0 Å². The molecule has 2 fully saturated rings. The van der Waals surface area contributed by atoms with Crippen LogP contribution in [-0.4, -0.2) is 74.0 Å². The van der Waals surface area contributed by atoms with Gasteiger partial charge in [-0.3, -0.25) is 19.6 Å². The number of carbonyl (C=O) groups excluding carboxylic acids is 2. The van der Waals surface area contributed by atoms with Crippen molar-refractivity contribution >= 4 is 23.4 Å². The fourth-order valence-electron chi connectivity index (χ4n) is 4.61. The minimum absolute atomic E-state index is 0.0215. The lowest BCUT2D eigenvalue weighted by Crippen LogP contribution is -2.48. The Balaban J connectivity index is 1.34. The SMILES string of the molecule is CCCOC(=O)C(CN1CCN(c2ccc(N3CNN(C(C)C)C3=O)cc2)CC1)c1ccccc1. The van der Waals surface area contributed by atoms with Crippen molar-refractivity contribution in [1.82, 2.24) is 15.3 Å². The molecule has 0 saturated carbocycles. The molecule has 2 aliphatic rings. The van der Waals surface area contributed by atoms with Gasteiger partial charge in [-0.05, 0) is 50.1 Å². The van der Waals surface area contributed by atoms with Crippen LogP contribution in [0.3, 0.4) is 0 Å². The zero-order chi connectivity index (χ0) is 24.8. The Labute approximate surface area is 208 Å². The summed E-state index contributed by atoms with van der Waals surface area (Å²) in [5.41, 5.74) is 6.19. The zero-order valence-electron chi connectivity index (χ0n) is 21.0. The first-order valence-electron chi connectivity index (χ1n) is 12.6. The van der Waals surface area contributed by atoms with E-state index in [0.717, 1.165) is 49.5 Å². The molecule has 2 heterocycles.